The highest BCUT2D eigenvalue weighted by atomic mass is 16.6. The maximum atomic E-state index is 12.9. The third-order valence-corrected chi connectivity index (χ3v) is 7.05. The van der Waals surface area contributed by atoms with E-state index in [1.54, 1.807) is 20.1 Å². The lowest BCUT2D eigenvalue weighted by Gasteiger charge is -2.30. The Morgan fingerprint density at radius 2 is 1.82 bits per heavy atom. The van der Waals surface area contributed by atoms with Crippen molar-refractivity contribution in [1.82, 2.24) is 0 Å². The van der Waals surface area contributed by atoms with E-state index in [1.807, 2.05) is 38.1 Å². The third-order valence-electron chi connectivity index (χ3n) is 7.05. The van der Waals surface area contributed by atoms with Crippen LogP contribution in [0.15, 0.2) is 41.5 Å². The number of anilines is 1. The first-order chi connectivity index (χ1) is 18.0. The molecule has 9 heteroatoms. The molecule has 0 saturated heterocycles. The molecule has 9 nitrogen and oxygen atoms in total. The molecular formula is C29H44N2O7. The Balaban J connectivity index is 2.49. The highest BCUT2D eigenvalue weighted by Crippen LogP contribution is 2.26. The summed E-state index contributed by atoms with van der Waals surface area (Å²) in [7, 11) is 3.11. The summed E-state index contributed by atoms with van der Waals surface area (Å²) in [6.07, 6.45) is 2.45. The van der Waals surface area contributed by atoms with Gasteiger partial charge in [0.1, 0.15) is 0 Å². The summed E-state index contributed by atoms with van der Waals surface area (Å²) in [5.74, 6) is -0.417. The molecule has 5 N–H and O–H groups in total. The largest absolute Gasteiger partial charge is 0.439 e. The van der Waals surface area contributed by atoms with Crippen molar-refractivity contribution in [1.29, 1.82) is 0 Å². The molecule has 6 atom stereocenters. The number of aliphatic hydroxyl groups excluding tert-OH is 2. The zero-order chi connectivity index (χ0) is 28.4. The Bertz CT molecular complexity index is 1010. The van der Waals surface area contributed by atoms with Crippen LogP contribution in [-0.2, 0) is 32.0 Å². The number of hydrogen-bond acceptors (Lipinski definition) is 7. The number of carbonyl (C=O) groups is 2. The molecule has 1 aliphatic rings. The standard InChI is InChI=1S/C29H44N2O7/c1-17-10-21-13-22(16-32)15-23(14-21)31-28(34)18(2)8-7-9-24(36-5)27(38-29(30)35)20(4)12-19(3)26(33)25(11-17)37-6/h8,12-15,17,19,24-27,32-33H,7,9-11,16H2,1-6H3,(H2,30,35)(H,31,34)/b18-8+,20-12+/t17-,19+,24+,25+,26-,27+/m1/s1. The van der Waals surface area contributed by atoms with Gasteiger partial charge in [0.15, 0.2) is 6.10 Å². The molecule has 1 heterocycles. The first-order valence-corrected chi connectivity index (χ1v) is 13.1. The van der Waals surface area contributed by atoms with E-state index in [1.165, 1.54) is 7.11 Å². The van der Waals surface area contributed by atoms with Crippen LogP contribution in [0, 0.1) is 11.8 Å². The molecule has 0 unspecified atom stereocenters. The smallest absolute Gasteiger partial charge is 0.405 e. The van der Waals surface area contributed by atoms with Gasteiger partial charge in [-0.25, -0.2) is 4.79 Å². The lowest BCUT2D eigenvalue weighted by Crippen LogP contribution is -2.37. The number of allylic oxidation sites excluding steroid dienone is 1. The number of fused-ring (bicyclic) bond motifs is 2. The van der Waals surface area contributed by atoms with Crippen LogP contribution in [0.5, 0.6) is 0 Å². The maximum absolute atomic E-state index is 12.9. The molecule has 1 aromatic carbocycles. The first kappa shape index (κ1) is 31.5. The average Bonchev–Trinajstić information content (AvgIpc) is 2.87. The van der Waals surface area contributed by atoms with Crippen molar-refractivity contribution in [3.63, 3.8) is 0 Å². The van der Waals surface area contributed by atoms with Gasteiger partial charge in [0.25, 0.3) is 5.91 Å². The first-order valence-electron chi connectivity index (χ1n) is 13.1. The van der Waals surface area contributed by atoms with Gasteiger partial charge in [0, 0.05) is 31.4 Å². The van der Waals surface area contributed by atoms with E-state index in [-0.39, 0.29) is 24.3 Å². The third kappa shape index (κ3) is 9.23. The predicted octanol–water partition coefficient (Wildman–Crippen LogP) is 3.86. The Morgan fingerprint density at radius 3 is 2.42 bits per heavy atom. The minimum Gasteiger partial charge on any atom is -0.439 e. The average molecular weight is 533 g/mol. The quantitative estimate of drug-likeness (QED) is 0.432. The lowest BCUT2D eigenvalue weighted by atomic mass is 9.88. The minimum absolute atomic E-state index is 0.136. The monoisotopic (exact) mass is 532 g/mol. The molecule has 0 fully saturated rings. The zero-order valence-electron chi connectivity index (χ0n) is 23.4. The van der Waals surface area contributed by atoms with E-state index >= 15 is 0 Å². The number of ether oxygens (including phenoxy) is 3. The molecule has 1 aromatic rings. The number of aliphatic hydroxyl groups is 2. The van der Waals surface area contributed by atoms with Gasteiger partial charge in [-0.1, -0.05) is 32.1 Å². The van der Waals surface area contributed by atoms with Gasteiger partial charge in [-0.05, 0) is 74.3 Å². The van der Waals surface area contributed by atoms with Crippen molar-refractivity contribution < 1.29 is 34.0 Å². The van der Waals surface area contributed by atoms with Crippen LogP contribution in [0.1, 0.15) is 58.1 Å². The number of methoxy groups -OCH3 is 2. The van der Waals surface area contributed by atoms with Crippen molar-refractivity contribution in [2.75, 3.05) is 19.5 Å². The molecule has 0 spiro atoms. The summed E-state index contributed by atoms with van der Waals surface area (Å²) in [6.45, 7) is 7.36. The summed E-state index contributed by atoms with van der Waals surface area (Å²) in [5, 5.41) is 23.8. The van der Waals surface area contributed by atoms with Crippen LogP contribution in [-0.4, -0.2) is 60.8 Å². The summed E-state index contributed by atoms with van der Waals surface area (Å²) in [4.78, 5) is 24.6. The predicted molar refractivity (Wildman–Crippen MR) is 146 cm³/mol. The highest BCUT2D eigenvalue weighted by Gasteiger charge is 2.30. The van der Waals surface area contributed by atoms with E-state index in [9.17, 15) is 19.8 Å². The van der Waals surface area contributed by atoms with Crippen molar-refractivity contribution in [3.05, 3.63) is 52.6 Å². The van der Waals surface area contributed by atoms with E-state index < -0.39 is 30.5 Å². The highest BCUT2D eigenvalue weighted by molar-refractivity contribution is 6.03. The number of nitrogens with one attached hydrogen (secondary N) is 1. The SMILES string of the molecule is CO[C@H]1C[C@H](C)Cc2cc(CO)cc(c2)NC(=O)/C(C)=C/CC[C@H](OC)[C@@H](OC(N)=O)/C(C)=C/[C@H](C)[C@H]1O. The van der Waals surface area contributed by atoms with Gasteiger partial charge >= 0.3 is 6.09 Å². The fourth-order valence-electron chi connectivity index (χ4n) is 5.01. The molecule has 1 aliphatic heterocycles. The molecule has 0 saturated carbocycles. The molecule has 2 amide bonds. The van der Waals surface area contributed by atoms with E-state index in [2.05, 4.69) is 12.2 Å². The summed E-state index contributed by atoms with van der Waals surface area (Å²) < 4.78 is 16.8. The topological polar surface area (TPSA) is 140 Å². The van der Waals surface area contributed by atoms with E-state index in [0.29, 0.717) is 48.1 Å². The Labute approximate surface area is 226 Å². The molecule has 2 rings (SSSR count). The van der Waals surface area contributed by atoms with Gasteiger partial charge in [-0.3, -0.25) is 4.79 Å². The molecule has 0 radical (unpaired) electrons. The number of primary amides is 1. The second kappa shape index (κ2) is 15.0. The molecule has 0 aliphatic carbocycles. The van der Waals surface area contributed by atoms with Crippen molar-refractivity contribution >= 4 is 17.7 Å². The molecule has 2 bridgehead atoms. The van der Waals surface area contributed by atoms with Crippen molar-refractivity contribution in [2.24, 2.45) is 17.6 Å². The minimum atomic E-state index is -0.921. The summed E-state index contributed by atoms with van der Waals surface area (Å²) >= 11 is 0. The Morgan fingerprint density at radius 1 is 1.13 bits per heavy atom. The molecule has 212 valence electrons. The van der Waals surface area contributed by atoms with Crippen LogP contribution in [0.4, 0.5) is 10.5 Å². The fourth-order valence-corrected chi connectivity index (χ4v) is 5.01. The Hall–Kier alpha value is -2.72. The summed E-state index contributed by atoms with van der Waals surface area (Å²) in [6, 6.07) is 5.59. The van der Waals surface area contributed by atoms with Crippen molar-refractivity contribution in [3.8, 4) is 0 Å². The number of rotatable bonds is 4. The summed E-state index contributed by atoms with van der Waals surface area (Å²) in [5.41, 5.74) is 8.88. The molecule has 38 heavy (non-hydrogen) atoms. The normalized spacial score (nSPS) is 30.9. The Kier molecular flexibility index (Phi) is 12.4. The lowest BCUT2D eigenvalue weighted by molar-refractivity contribution is -0.112. The number of nitrogens with two attached hydrogens (primary N) is 1. The van der Waals surface area contributed by atoms with Gasteiger partial charge in [-0.15, -0.1) is 0 Å². The van der Waals surface area contributed by atoms with Gasteiger partial charge in [-0.2, -0.15) is 0 Å². The van der Waals surface area contributed by atoms with Crippen LogP contribution in [0.2, 0.25) is 0 Å². The van der Waals surface area contributed by atoms with Gasteiger partial charge in [0.05, 0.1) is 24.9 Å². The van der Waals surface area contributed by atoms with Gasteiger partial charge in [0.2, 0.25) is 0 Å². The van der Waals surface area contributed by atoms with E-state index in [0.717, 1.165) is 5.56 Å². The number of amides is 2. The number of hydrogen-bond donors (Lipinski definition) is 4. The zero-order valence-corrected chi connectivity index (χ0v) is 23.4. The fraction of sp³-hybridized carbons (Fsp3) is 0.586. The van der Waals surface area contributed by atoms with Gasteiger partial charge < -0.3 is 35.5 Å². The maximum Gasteiger partial charge on any atom is 0.405 e. The van der Waals surface area contributed by atoms with Crippen LogP contribution >= 0.6 is 0 Å². The van der Waals surface area contributed by atoms with Crippen LogP contribution in [0.25, 0.3) is 0 Å². The van der Waals surface area contributed by atoms with E-state index in [4.69, 9.17) is 19.9 Å². The second-order valence-corrected chi connectivity index (χ2v) is 10.3. The second-order valence-electron chi connectivity index (χ2n) is 10.3. The molecule has 0 aromatic heterocycles. The van der Waals surface area contributed by atoms with Crippen LogP contribution < -0.4 is 11.1 Å². The number of carbonyl (C=O) groups excluding carboxylic acids is 2. The van der Waals surface area contributed by atoms with Crippen molar-refractivity contribution in [2.45, 2.75) is 84.4 Å². The molecular weight excluding hydrogens is 488 g/mol. The number of benzene rings is 1. The van der Waals surface area contributed by atoms with Crippen LogP contribution in [0.3, 0.4) is 0 Å².